The molecule has 0 spiro atoms. The van der Waals surface area contributed by atoms with Gasteiger partial charge >= 0.3 is 0 Å². The molecule has 0 unspecified atom stereocenters. The Labute approximate surface area is 243 Å². The molecule has 1 heterocycles. The van der Waals surface area contributed by atoms with E-state index in [9.17, 15) is 16.8 Å². The Balaban J connectivity index is 2.01. The van der Waals surface area contributed by atoms with Crippen molar-refractivity contribution in [3.8, 4) is 23.0 Å². The van der Waals surface area contributed by atoms with Crippen molar-refractivity contribution in [2.45, 2.75) is 21.0 Å². The minimum Gasteiger partial charge on any atom is -0.488 e. The molecule has 212 valence electrons. The number of fused-ring (bicyclic) bond motifs is 2. The molecule has 0 saturated carbocycles. The Morgan fingerprint density at radius 2 is 0.711 bits per heavy atom. The van der Waals surface area contributed by atoms with Crippen LogP contribution in [0.15, 0.2) is 48.5 Å². The zero-order valence-electron chi connectivity index (χ0n) is 20.2. The fourth-order valence-electron chi connectivity index (χ4n) is 3.56. The molecule has 0 radical (unpaired) electrons. The number of rotatable bonds is 4. The van der Waals surface area contributed by atoms with Crippen LogP contribution < -0.4 is 18.9 Å². The highest BCUT2D eigenvalue weighted by atomic mass is 35.5. The zero-order valence-corrected chi connectivity index (χ0v) is 24.8. The van der Waals surface area contributed by atoms with Crippen LogP contribution in [0, 0.1) is 0 Å². The molecule has 0 amide bonds. The van der Waals surface area contributed by atoms with E-state index in [1.807, 2.05) is 0 Å². The monoisotopic (exact) mass is 648 g/mol. The molecule has 14 heteroatoms. The number of hydrogen-bond acceptors (Lipinski definition) is 8. The Morgan fingerprint density at radius 3 is 0.895 bits per heavy atom. The molecular weight excluding hydrogens is 622 g/mol. The minimum atomic E-state index is -3.90. The van der Waals surface area contributed by atoms with E-state index in [0.717, 1.165) is 0 Å². The molecule has 1 aliphatic rings. The third kappa shape index (κ3) is 7.46. The summed E-state index contributed by atoms with van der Waals surface area (Å²) >= 11 is 24.2. The highest BCUT2D eigenvalue weighted by molar-refractivity contribution is 7.93. The summed E-state index contributed by atoms with van der Waals surface area (Å²) in [5, 5.41) is -4.41. The predicted octanol–water partition coefficient (Wildman–Crippen LogP) is 4.17. The molecule has 0 aromatic heterocycles. The van der Waals surface area contributed by atoms with Gasteiger partial charge in [-0.3, -0.25) is 0 Å². The van der Waals surface area contributed by atoms with Crippen LogP contribution in [0.2, 0.25) is 0 Å². The quantitative estimate of drug-likeness (QED) is 0.455. The molecule has 38 heavy (non-hydrogen) atoms. The number of sulfone groups is 2. The van der Waals surface area contributed by atoms with E-state index in [-0.39, 0.29) is 72.9 Å². The molecule has 2 aromatic carbocycles. The maximum absolute atomic E-state index is 13.4. The molecule has 3 rings (SSSR count). The average molecular weight is 650 g/mol. The summed E-state index contributed by atoms with van der Waals surface area (Å²) in [6.07, 6.45) is 0. The Kier molecular flexibility index (Phi) is 11.8. The Bertz CT molecular complexity index is 1080. The third-order valence-electron chi connectivity index (χ3n) is 5.94. The highest BCUT2D eigenvalue weighted by Gasteiger charge is 2.37. The largest absolute Gasteiger partial charge is 0.488 e. The number of para-hydroxylation sites is 4. The first kappa shape index (κ1) is 31.2. The number of ether oxygens (including phenoxy) is 4. The molecule has 1 aliphatic heterocycles. The van der Waals surface area contributed by atoms with E-state index < -0.39 is 40.7 Å². The van der Waals surface area contributed by atoms with Crippen LogP contribution in [0.5, 0.6) is 23.0 Å². The van der Waals surface area contributed by atoms with Gasteiger partial charge in [0, 0.05) is 23.5 Å². The van der Waals surface area contributed by atoms with Gasteiger partial charge in [-0.2, -0.15) is 0 Å². The van der Waals surface area contributed by atoms with Crippen molar-refractivity contribution < 1.29 is 35.8 Å². The van der Waals surface area contributed by atoms with Gasteiger partial charge in [-0.1, -0.05) is 24.3 Å². The van der Waals surface area contributed by atoms with Gasteiger partial charge in [0.2, 0.25) is 0 Å². The molecule has 8 nitrogen and oxygen atoms in total. The molecule has 4 atom stereocenters. The van der Waals surface area contributed by atoms with E-state index >= 15 is 0 Å². The molecule has 0 saturated heterocycles. The van der Waals surface area contributed by atoms with Crippen molar-refractivity contribution in [2.24, 2.45) is 0 Å². The van der Waals surface area contributed by atoms with Gasteiger partial charge in [0.25, 0.3) is 0 Å². The standard InChI is InChI=1S/C24H28Cl4O8S2/c25-9-17-13-33-21-5-1-2-6-22(21)34-14-18(10-26)38(31,32)20(12-28)16-36-24-8-4-3-7-23(24)35-15-19(11-27)37(17,29)30/h1-8,17-20H,9-16H2/t17-,18-,19-,20+/m1/s1. The minimum absolute atomic E-state index is 0.217. The van der Waals surface area contributed by atoms with E-state index in [1.165, 1.54) is 0 Å². The van der Waals surface area contributed by atoms with Crippen LogP contribution in [0.3, 0.4) is 0 Å². The van der Waals surface area contributed by atoms with Crippen LogP contribution in [0.25, 0.3) is 0 Å². The van der Waals surface area contributed by atoms with Crippen molar-refractivity contribution in [1.29, 1.82) is 0 Å². The topological polar surface area (TPSA) is 105 Å². The normalized spacial score (nSPS) is 26.0. The maximum atomic E-state index is 13.4. The highest BCUT2D eigenvalue weighted by Crippen LogP contribution is 2.31. The first-order valence-corrected chi connectivity index (χ1v) is 16.9. The summed E-state index contributed by atoms with van der Waals surface area (Å²) in [7, 11) is -7.80. The van der Waals surface area contributed by atoms with Gasteiger partial charge in [0.15, 0.2) is 42.7 Å². The lowest BCUT2D eigenvalue weighted by Crippen LogP contribution is -2.42. The summed E-state index contributed by atoms with van der Waals surface area (Å²) < 4.78 is 76.6. The molecular formula is C24H28Cl4O8S2. The first-order chi connectivity index (χ1) is 18.2. The third-order valence-corrected chi connectivity index (χ3v) is 13.1. The smallest absolute Gasteiger partial charge is 0.165 e. The molecule has 0 aliphatic carbocycles. The number of hydrogen-bond donors (Lipinski definition) is 0. The van der Waals surface area contributed by atoms with Crippen molar-refractivity contribution >= 4 is 66.1 Å². The lowest BCUT2D eigenvalue weighted by molar-refractivity contribution is 0.260. The predicted molar refractivity (Wildman–Crippen MR) is 151 cm³/mol. The second-order valence-electron chi connectivity index (χ2n) is 8.42. The first-order valence-electron chi connectivity index (χ1n) is 11.6. The van der Waals surface area contributed by atoms with Crippen molar-refractivity contribution in [3.05, 3.63) is 48.5 Å². The van der Waals surface area contributed by atoms with Crippen LogP contribution in [0.4, 0.5) is 0 Å². The maximum Gasteiger partial charge on any atom is 0.165 e. The van der Waals surface area contributed by atoms with Gasteiger partial charge in [-0.05, 0) is 24.3 Å². The second-order valence-corrected chi connectivity index (χ2v) is 14.7. The van der Waals surface area contributed by atoms with E-state index in [2.05, 4.69) is 0 Å². The summed E-state index contributed by atoms with van der Waals surface area (Å²) in [6, 6.07) is 13.0. The lowest BCUT2D eigenvalue weighted by atomic mass is 10.3. The fourth-order valence-corrected chi connectivity index (χ4v) is 8.85. The summed E-state index contributed by atoms with van der Waals surface area (Å²) in [5.74, 6) is -0.112. The van der Waals surface area contributed by atoms with Gasteiger partial charge in [0.05, 0.1) is 0 Å². The summed E-state index contributed by atoms with van der Waals surface area (Å²) in [6.45, 7) is -1.15. The van der Waals surface area contributed by atoms with Crippen LogP contribution in [0.1, 0.15) is 0 Å². The molecule has 2 aromatic rings. The zero-order chi connectivity index (χ0) is 27.8. The lowest BCUT2D eigenvalue weighted by Gasteiger charge is -2.25. The van der Waals surface area contributed by atoms with Gasteiger partial charge in [-0.15, -0.1) is 46.4 Å². The van der Waals surface area contributed by atoms with Crippen molar-refractivity contribution in [2.75, 3.05) is 49.9 Å². The number of benzene rings is 2. The van der Waals surface area contributed by atoms with Gasteiger partial charge in [-0.25, -0.2) is 16.8 Å². The van der Waals surface area contributed by atoms with Crippen molar-refractivity contribution in [1.82, 2.24) is 0 Å². The summed E-state index contributed by atoms with van der Waals surface area (Å²) in [5.41, 5.74) is 0. The van der Waals surface area contributed by atoms with Gasteiger partial charge < -0.3 is 18.9 Å². The van der Waals surface area contributed by atoms with E-state index in [0.29, 0.717) is 0 Å². The van der Waals surface area contributed by atoms with E-state index in [1.54, 1.807) is 48.5 Å². The second kappa shape index (κ2) is 14.4. The molecule has 0 fully saturated rings. The van der Waals surface area contributed by atoms with Crippen molar-refractivity contribution in [3.63, 3.8) is 0 Å². The fraction of sp³-hybridized carbons (Fsp3) is 0.500. The van der Waals surface area contributed by atoms with Crippen LogP contribution in [-0.4, -0.2) is 87.8 Å². The van der Waals surface area contributed by atoms with E-state index in [4.69, 9.17) is 65.4 Å². The Hall–Kier alpha value is -1.30. The number of alkyl halides is 4. The molecule has 0 N–H and O–H groups in total. The van der Waals surface area contributed by atoms with Crippen LogP contribution >= 0.6 is 46.4 Å². The van der Waals surface area contributed by atoms with Crippen LogP contribution in [-0.2, 0) is 19.7 Å². The summed E-state index contributed by atoms with van der Waals surface area (Å²) in [4.78, 5) is 0. The SMILES string of the molecule is O=S1(=O)[C@H](CCl)COc2ccccc2OC[C@@H](CCl)S(=O)(=O)[C@@H](CCl)COc2ccccc2OC[C@H]1CCl. The Morgan fingerprint density at radius 1 is 0.500 bits per heavy atom. The van der Waals surface area contributed by atoms with Gasteiger partial charge in [0.1, 0.15) is 47.4 Å². The average Bonchev–Trinajstić information content (AvgIpc) is 2.90. The molecule has 0 bridgehead atoms. The number of halogens is 4.